The van der Waals surface area contributed by atoms with E-state index in [9.17, 15) is 22.4 Å². The number of thioether (sulfide) groups is 1. The fraction of sp³-hybridized carbons (Fsp3) is 0.611. The zero-order valence-corrected chi connectivity index (χ0v) is 15.1. The second-order valence-corrected chi connectivity index (χ2v) is 7.99. The largest absolute Gasteiger partial charge is 0.416 e. The first-order valence-corrected chi connectivity index (χ1v) is 9.95. The van der Waals surface area contributed by atoms with Crippen molar-refractivity contribution < 1.29 is 22.4 Å². The average Bonchev–Trinajstić information content (AvgIpc) is 3.14. The topological polar surface area (TPSA) is 32.3 Å². The summed E-state index contributed by atoms with van der Waals surface area (Å²) in [6.07, 6.45) is -2.01. The first-order chi connectivity index (χ1) is 12.3. The number of nitrogens with one attached hydrogen (secondary N) is 1. The van der Waals surface area contributed by atoms with Gasteiger partial charge in [0, 0.05) is 24.3 Å². The number of carbonyl (C=O) groups is 1. The number of carbonyl (C=O) groups excluding carboxylic acids is 1. The van der Waals surface area contributed by atoms with E-state index in [1.54, 1.807) is 0 Å². The van der Waals surface area contributed by atoms with Crippen molar-refractivity contribution in [3.63, 3.8) is 0 Å². The van der Waals surface area contributed by atoms with Gasteiger partial charge in [0.25, 0.3) is 0 Å². The molecule has 0 bridgehead atoms. The molecule has 1 aromatic rings. The molecule has 2 aliphatic heterocycles. The molecule has 0 aliphatic carbocycles. The summed E-state index contributed by atoms with van der Waals surface area (Å²) >= 11 is 1.95. The zero-order chi connectivity index (χ0) is 18.7. The Hall–Kier alpha value is -1.28. The Morgan fingerprint density at radius 3 is 2.58 bits per heavy atom. The molecule has 1 atom stereocenters. The van der Waals surface area contributed by atoms with Gasteiger partial charge in [0.2, 0.25) is 5.91 Å². The van der Waals surface area contributed by atoms with Gasteiger partial charge in [-0.05, 0) is 55.8 Å². The van der Waals surface area contributed by atoms with E-state index in [-0.39, 0.29) is 23.9 Å². The number of alkyl halides is 3. The van der Waals surface area contributed by atoms with Gasteiger partial charge in [-0.1, -0.05) is 6.07 Å². The first-order valence-electron chi connectivity index (χ1n) is 8.79. The average molecular weight is 390 g/mol. The van der Waals surface area contributed by atoms with Gasteiger partial charge in [-0.3, -0.25) is 9.69 Å². The maximum absolute atomic E-state index is 13.1. The number of benzene rings is 1. The van der Waals surface area contributed by atoms with Crippen molar-refractivity contribution in [3.05, 3.63) is 35.1 Å². The summed E-state index contributed by atoms with van der Waals surface area (Å²) in [5.74, 6) is 0.995. The van der Waals surface area contributed by atoms with Crippen molar-refractivity contribution in [2.75, 3.05) is 24.6 Å². The summed E-state index contributed by atoms with van der Waals surface area (Å²) in [5.41, 5.74) is -1.15. The van der Waals surface area contributed by atoms with E-state index < -0.39 is 17.6 Å². The lowest BCUT2D eigenvalue weighted by Gasteiger charge is -2.35. The lowest BCUT2D eigenvalue weighted by atomic mass is 9.94. The molecule has 0 spiro atoms. The molecule has 1 unspecified atom stereocenters. The van der Waals surface area contributed by atoms with Crippen molar-refractivity contribution in [1.82, 2.24) is 10.2 Å². The minimum Gasteiger partial charge on any atom is -0.352 e. The van der Waals surface area contributed by atoms with Crippen LogP contribution < -0.4 is 5.32 Å². The molecular weight excluding hydrogens is 368 g/mol. The van der Waals surface area contributed by atoms with Gasteiger partial charge in [0.15, 0.2) is 0 Å². The molecule has 2 heterocycles. The number of likely N-dealkylation sites (tertiary alicyclic amines) is 1. The van der Waals surface area contributed by atoms with E-state index in [0.29, 0.717) is 12.1 Å². The third-order valence-electron chi connectivity index (χ3n) is 5.15. The van der Waals surface area contributed by atoms with Gasteiger partial charge in [-0.25, -0.2) is 4.39 Å². The molecule has 3 nitrogen and oxygen atoms in total. The second kappa shape index (κ2) is 8.17. The Balaban J connectivity index is 1.53. The molecule has 2 aliphatic rings. The third-order valence-corrected chi connectivity index (χ3v) is 6.30. The normalized spacial score (nSPS) is 22.5. The predicted octanol–water partition coefficient (Wildman–Crippen LogP) is 3.68. The van der Waals surface area contributed by atoms with E-state index in [4.69, 9.17) is 0 Å². The molecule has 0 aromatic heterocycles. The highest BCUT2D eigenvalue weighted by Gasteiger charge is 2.34. The molecule has 3 rings (SSSR count). The van der Waals surface area contributed by atoms with Crippen LogP contribution in [-0.4, -0.2) is 41.4 Å². The predicted molar refractivity (Wildman–Crippen MR) is 93.3 cm³/mol. The molecule has 8 heteroatoms. The summed E-state index contributed by atoms with van der Waals surface area (Å²) < 4.78 is 52.2. The molecular formula is C18H22F4N2OS. The van der Waals surface area contributed by atoms with Crippen molar-refractivity contribution in [2.24, 2.45) is 5.92 Å². The van der Waals surface area contributed by atoms with E-state index in [1.165, 1.54) is 12.2 Å². The summed E-state index contributed by atoms with van der Waals surface area (Å²) in [6.45, 7) is 1.47. The van der Waals surface area contributed by atoms with Crippen LogP contribution in [0.2, 0.25) is 0 Å². The first kappa shape index (κ1) is 19.5. The minimum atomic E-state index is -4.65. The third kappa shape index (κ3) is 4.71. The fourth-order valence-corrected chi connectivity index (χ4v) is 4.89. The number of amides is 1. The van der Waals surface area contributed by atoms with E-state index >= 15 is 0 Å². The van der Waals surface area contributed by atoms with E-state index in [2.05, 4.69) is 10.2 Å². The van der Waals surface area contributed by atoms with Gasteiger partial charge >= 0.3 is 6.18 Å². The van der Waals surface area contributed by atoms with Gasteiger partial charge < -0.3 is 5.32 Å². The Morgan fingerprint density at radius 1 is 1.23 bits per heavy atom. The van der Waals surface area contributed by atoms with Gasteiger partial charge in [0.05, 0.1) is 5.56 Å². The van der Waals surface area contributed by atoms with Crippen molar-refractivity contribution in [3.8, 4) is 0 Å². The monoisotopic (exact) mass is 390 g/mol. The highest BCUT2D eigenvalue weighted by Crippen LogP contribution is 2.32. The summed E-state index contributed by atoms with van der Waals surface area (Å²) in [6, 6.07) is 3.13. The standard InChI is InChI=1S/C18H22F4N2OS/c19-14-2-1-13(16(9-14)18(20,21)22)10-23-17(25)12-3-6-24(7-4-12)15-5-8-26-11-15/h1-2,9,12,15H,3-8,10-11H2,(H,23,25). The molecule has 0 radical (unpaired) electrons. The van der Waals surface area contributed by atoms with Crippen molar-refractivity contribution in [1.29, 1.82) is 0 Å². The van der Waals surface area contributed by atoms with Crippen LogP contribution in [0.4, 0.5) is 17.6 Å². The zero-order valence-electron chi connectivity index (χ0n) is 14.3. The smallest absolute Gasteiger partial charge is 0.352 e. The van der Waals surface area contributed by atoms with Crippen LogP contribution in [0.1, 0.15) is 30.4 Å². The lowest BCUT2D eigenvalue weighted by Crippen LogP contribution is -2.44. The minimum absolute atomic E-state index is 0.118. The van der Waals surface area contributed by atoms with Crippen LogP contribution in [0.15, 0.2) is 18.2 Å². The Kier molecular flexibility index (Phi) is 6.12. The van der Waals surface area contributed by atoms with Crippen molar-refractivity contribution >= 4 is 17.7 Å². The number of hydrogen-bond acceptors (Lipinski definition) is 3. The molecule has 26 heavy (non-hydrogen) atoms. The molecule has 144 valence electrons. The van der Waals surface area contributed by atoms with Crippen LogP contribution in [0.3, 0.4) is 0 Å². The summed E-state index contributed by atoms with van der Waals surface area (Å²) in [4.78, 5) is 14.8. The number of nitrogens with zero attached hydrogens (tertiary/aromatic N) is 1. The Morgan fingerprint density at radius 2 is 1.96 bits per heavy atom. The highest BCUT2D eigenvalue weighted by atomic mass is 32.2. The van der Waals surface area contributed by atoms with Crippen LogP contribution in [-0.2, 0) is 17.5 Å². The van der Waals surface area contributed by atoms with Crippen LogP contribution >= 0.6 is 11.8 Å². The molecule has 1 aromatic carbocycles. The molecule has 2 saturated heterocycles. The van der Waals surface area contributed by atoms with Crippen LogP contribution in [0.25, 0.3) is 0 Å². The molecule has 2 fully saturated rings. The second-order valence-electron chi connectivity index (χ2n) is 6.84. The lowest BCUT2D eigenvalue weighted by molar-refractivity contribution is -0.138. The van der Waals surface area contributed by atoms with Gasteiger partial charge in [0.1, 0.15) is 5.82 Å². The highest BCUT2D eigenvalue weighted by molar-refractivity contribution is 7.99. The van der Waals surface area contributed by atoms with E-state index in [0.717, 1.165) is 43.8 Å². The number of hydrogen-bond donors (Lipinski definition) is 1. The Labute approximate surface area is 154 Å². The summed E-state index contributed by atoms with van der Waals surface area (Å²) in [7, 11) is 0. The SMILES string of the molecule is O=C(NCc1ccc(F)cc1C(F)(F)F)C1CCN(C2CCSC2)CC1. The Bertz CT molecular complexity index is 639. The number of halogens is 4. The van der Waals surface area contributed by atoms with E-state index in [1.807, 2.05) is 11.8 Å². The fourth-order valence-electron chi connectivity index (χ4n) is 3.63. The maximum Gasteiger partial charge on any atom is 0.416 e. The number of piperidine rings is 1. The molecule has 1 N–H and O–H groups in total. The van der Waals surface area contributed by atoms with Crippen LogP contribution in [0.5, 0.6) is 0 Å². The molecule has 0 saturated carbocycles. The maximum atomic E-state index is 13.1. The summed E-state index contributed by atoms with van der Waals surface area (Å²) in [5, 5.41) is 2.60. The van der Waals surface area contributed by atoms with Gasteiger partial charge in [-0.15, -0.1) is 0 Å². The molecule has 1 amide bonds. The van der Waals surface area contributed by atoms with Crippen molar-refractivity contribution in [2.45, 2.75) is 38.0 Å². The number of rotatable bonds is 4. The quantitative estimate of drug-likeness (QED) is 0.796. The van der Waals surface area contributed by atoms with Gasteiger partial charge in [-0.2, -0.15) is 24.9 Å². The van der Waals surface area contributed by atoms with Crippen LogP contribution in [0, 0.1) is 11.7 Å².